The van der Waals surface area contributed by atoms with Gasteiger partial charge < -0.3 is 15.0 Å². The maximum Gasteiger partial charge on any atom is 0.311 e. The van der Waals surface area contributed by atoms with E-state index in [-0.39, 0.29) is 24.1 Å². The first kappa shape index (κ1) is 16.5. The van der Waals surface area contributed by atoms with E-state index in [9.17, 15) is 9.59 Å². The minimum absolute atomic E-state index is 0.0939. The first-order valence-electron chi connectivity index (χ1n) is 7.02. The molecule has 0 fully saturated rings. The Bertz CT molecular complexity index is 841. The molecule has 2 N–H and O–H groups in total. The van der Waals surface area contributed by atoms with Crippen LogP contribution in [-0.2, 0) is 20.7 Å². The van der Waals surface area contributed by atoms with Crippen LogP contribution in [0.4, 0.5) is 5.13 Å². The van der Waals surface area contributed by atoms with Crippen LogP contribution in [-0.4, -0.2) is 39.7 Å². The molecule has 2 heterocycles. The molecule has 24 heavy (non-hydrogen) atoms. The quantitative estimate of drug-likeness (QED) is 0.516. The van der Waals surface area contributed by atoms with Gasteiger partial charge in [-0.3, -0.25) is 9.59 Å². The normalized spacial score (nSPS) is 10.7. The number of H-pyrrole nitrogens is 1. The largest absolute Gasteiger partial charge is 0.469 e. The summed E-state index contributed by atoms with van der Waals surface area (Å²) in [6, 6.07) is 7.69. The lowest BCUT2D eigenvalue weighted by molar-refractivity contribution is -0.139. The fourth-order valence-electron chi connectivity index (χ4n) is 1.95. The highest BCUT2D eigenvalue weighted by atomic mass is 32.2. The average Bonchev–Trinajstić information content (AvgIpc) is 3.19. The van der Waals surface area contributed by atoms with Gasteiger partial charge in [-0.05, 0) is 12.1 Å². The van der Waals surface area contributed by atoms with Gasteiger partial charge in [-0.1, -0.05) is 23.9 Å². The minimum Gasteiger partial charge on any atom is -0.469 e. The Morgan fingerprint density at radius 3 is 2.96 bits per heavy atom. The number of aromatic nitrogens is 3. The average molecular weight is 362 g/mol. The molecule has 0 bridgehead atoms. The number of aromatic amines is 1. The fraction of sp³-hybridized carbons (Fsp3) is 0.200. The zero-order valence-corrected chi connectivity index (χ0v) is 14.4. The SMILES string of the molecule is COC(=O)Cc1csc(NC(=O)CSc2nc3ccccc3[nH]2)n1. The zero-order valence-electron chi connectivity index (χ0n) is 12.7. The number of thiazole rings is 1. The van der Waals surface area contributed by atoms with E-state index in [0.29, 0.717) is 16.0 Å². The van der Waals surface area contributed by atoms with E-state index >= 15 is 0 Å². The van der Waals surface area contributed by atoms with Crippen LogP contribution in [0.3, 0.4) is 0 Å². The van der Waals surface area contributed by atoms with Crippen LogP contribution in [0, 0.1) is 0 Å². The summed E-state index contributed by atoms with van der Waals surface area (Å²) in [4.78, 5) is 34.9. The van der Waals surface area contributed by atoms with Gasteiger partial charge in [0.15, 0.2) is 10.3 Å². The summed E-state index contributed by atoms with van der Waals surface area (Å²) in [5.41, 5.74) is 2.38. The Kier molecular flexibility index (Phi) is 5.11. The molecule has 0 spiro atoms. The van der Waals surface area contributed by atoms with Crippen LogP contribution in [0.2, 0.25) is 0 Å². The van der Waals surface area contributed by atoms with Crippen molar-refractivity contribution in [2.45, 2.75) is 11.6 Å². The smallest absolute Gasteiger partial charge is 0.311 e. The number of benzene rings is 1. The third kappa shape index (κ3) is 4.12. The zero-order chi connectivity index (χ0) is 16.9. The topological polar surface area (TPSA) is 97.0 Å². The predicted octanol–water partition coefficient (Wildman–Crippen LogP) is 2.47. The monoisotopic (exact) mass is 362 g/mol. The molecular weight excluding hydrogens is 348 g/mol. The molecule has 0 saturated heterocycles. The van der Waals surface area contributed by atoms with Crippen molar-refractivity contribution in [3.63, 3.8) is 0 Å². The second-order valence-electron chi connectivity index (χ2n) is 4.79. The standard InChI is InChI=1S/C15H14N4O3S2/c1-22-13(21)6-9-7-23-14(16-9)19-12(20)8-24-15-17-10-4-2-3-5-11(10)18-15/h2-5,7H,6,8H2,1H3,(H,17,18)(H,16,19,20). The number of fused-ring (bicyclic) bond motifs is 1. The first-order chi connectivity index (χ1) is 11.6. The van der Waals surface area contributed by atoms with Crippen LogP contribution in [0.5, 0.6) is 0 Å². The number of esters is 1. The van der Waals surface area contributed by atoms with E-state index in [2.05, 4.69) is 25.0 Å². The second-order valence-corrected chi connectivity index (χ2v) is 6.62. The van der Waals surface area contributed by atoms with Gasteiger partial charge in [-0.25, -0.2) is 9.97 Å². The number of carbonyl (C=O) groups excluding carboxylic acids is 2. The van der Waals surface area contributed by atoms with Gasteiger partial charge in [0.25, 0.3) is 0 Å². The van der Waals surface area contributed by atoms with Crippen molar-refractivity contribution < 1.29 is 14.3 Å². The van der Waals surface area contributed by atoms with Crippen molar-refractivity contribution in [2.24, 2.45) is 0 Å². The van der Waals surface area contributed by atoms with Crippen molar-refractivity contribution in [3.05, 3.63) is 35.3 Å². The number of methoxy groups -OCH3 is 1. The van der Waals surface area contributed by atoms with Gasteiger partial charge in [0.05, 0.1) is 36.0 Å². The Morgan fingerprint density at radius 2 is 2.17 bits per heavy atom. The molecule has 2 aromatic heterocycles. The number of hydrogen-bond acceptors (Lipinski definition) is 7. The van der Waals surface area contributed by atoms with Gasteiger partial charge in [0.2, 0.25) is 5.91 Å². The highest BCUT2D eigenvalue weighted by Gasteiger charge is 2.11. The number of amides is 1. The maximum absolute atomic E-state index is 12.0. The molecule has 7 nitrogen and oxygen atoms in total. The second kappa shape index (κ2) is 7.45. The number of para-hydroxylation sites is 2. The molecule has 0 saturated carbocycles. The van der Waals surface area contributed by atoms with Gasteiger partial charge >= 0.3 is 5.97 Å². The van der Waals surface area contributed by atoms with E-state index in [4.69, 9.17) is 0 Å². The Balaban J connectivity index is 1.53. The summed E-state index contributed by atoms with van der Waals surface area (Å²) in [7, 11) is 1.33. The van der Waals surface area contributed by atoms with E-state index < -0.39 is 0 Å². The molecule has 1 aromatic carbocycles. The molecule has 124 valence electrons. The lowest BCUT2D eigenvalue weighted by Gasteiger charge is -2.00. The number of nitrogens with one attached hydrogen (secondary N) is 2. The fourth-order valence-corrected chi connectivity index (χ4v) is 3.36. The van der Waals surface area contributed by atoms with Crippen LogP contribution in [0.1, 0.15) is 5.69 Å². The number of thioether (sulfide) groups is 1. The number of imidazole rings is 1. The van der Waals surface area contributed by atoms with Crippen molar-refractivity contribution >= 4 is 51.1 Å². The summed E-state index contributed by atoms with van der Waals surface area (Å²) in [6.45, 7) is 0. The van der Waals surface area contributed by atoms with Crippen molar-refractivity contribution in [2.75, 3.05) is 18.2 Å². The highest BCUT2D eigenvalue weighted by Crippen LogP contribution is 2.20. The highest BCUT2D eigenvalue weighted by molar-refractivity contribution is 7.99. The summed E-state index contributed by atoms with van der Waals surface area (Å²) in [5.74, 6) is -0.329. The Hall–Kier alpha value is -2.39. The van der Waals surface area contributed by atoms with Gasteiger partial charge in [0, 0.05) is 5.38 Å². The molecule has 0 atom stereocenters. The molecule has 1 amide bonds. The molecule has 3 aromatic rings. The summed E-state index contributed by atoms with van der Waals surface area (Å²) in [5, 5.41) is 5.59. The van der Waals surface area contributed by atoms with E-state index in [1.807, 2.05) is 24.3 Å². The Morgan fingerprint density at radius 1 is 1.33 bits per heavy atom. The number of rotatable bonds is 6. The number of anilines is 1. The summed E-state index contributed by atoms with van der Waals surface area (Å²) in [6.07, 6.45) is 0.0939. The van der Waals surface area contributed by atoms with Crippen LogP contribution in [0.25, 0.3) is 11.0 Å². The summed E-state index contributed by atoms with van der Waals surface area (Å²) < 4.78 is 4.58. The van der Waals surface area contributed by atoms with Gasteiger partial charge in [-0.2, -0.15) is 0 Å². The third-order valence-electron chi connectivity index (χ3n) is 3.06. The molecule has 9 heteroatoms. The van der Waals surface area contributed by atoms with E-state index in [0.717, 1.165) is 11.0 Å². The molecule has 0 radical (unpaired) electrons. The molecule has 0 aliphatic rings. The third-order valence-corrected chi connectivity index (χ3v) is 4.74. The lowest BCUT2D eigenvalue weighted by Crippen LogP contribution is -2.14. The van der Waals surface area contributed by atoms with E-state index in [1.54, 1.807) is 5.38 Å². The predicted molar refractivity (Wildman–Crippen MR) is 93.3 cm³/mol. The van der Waals surface area contributed by atoms with Gasteiger partial charge in [-0.15, -0.1) is 11.3 Å². The number of nitrogens with zero attached hydrogens (tertiary/aromatic N) is 2. The Labute approximate surface area is 145 Å². The van der Waals surface area contributed by atoms with Gasteiger partial charge in [0.1, 0.15) is 0 Å². The maximum atomic E-state index is 12.0. The minimum atomic E-state index is -0.362. The lowest BCUT2D eigenvalue weighted by atomic mass is 10.3. The van der Waals surface area contributed by atoms with Crippen molar-refractivity contribution in [1.29, 1.82) is 0 Å². The molecule has 0 unspecified atom stereocenters. The van der Waals surface area contributed by atoms with Crippen LogP contribution < -0.4 is 5.32 Å². The number of ether oxygens (including phenoxy) is 1. The van der Waals surface area contributed by atoms with Crippen LogP contribution in [0.15, 0.2) is 34.8 Å². The summed E-state index contributed by atoms with van der Waals surface area (Å²) >= 11 is 2.59. The first-order valence-corrected chi connectivity index (χ1v) is 8.89. The van der Waals surface area contributed by atoms with Crippen molar-refractivity contribution in [3.8, 4) is 0 Å². The number of hydrogen-bond donors (Lipinski definition) is 2. The number of carbonyl (C=O) groups is 2. The van der Waals surface area contributed by atoms with Crippen molar-refractivity contribution in [1.82, 2.24) is 15.0 Å². The molecule has 3 rings (SSSR count). The molecule has 0 aliphatic carbocycles. The van der Waals surface area contributed by atoms with Crippen LogP contribution >= 0.6 is 23.1 Å². The molecular formula is C15H14N4O3S2. The molecule has 0 aliphatic heterocycles. The van der Waals surface area contributed by atoms with E-state index in [1.165, 1.54) is 30.2 Å².